The van der Waals surface area contributed by atoms with Crippen LogP contribution in [0.2, 0.25) is 0 Å². The van der Waals surface area contributed by atoms with Crippen molar-refractivity contribution < 1.29 is 9.21 Å². The van der Waals surface area contributed by atoms with Crippen LogP contribution in [0.15, 0.2) is 76.1 Å². The first-order chi connectivity index (χ1) is 13.2. The average molecular weight is 361 g/mol. The van der Waals surface area contributed by atoms with Crippen LogP contribution in [-0.4, -0.2) is 15.5 Å². The molecule has 6 nitrogen and oxygen atoms in total. The third-order valence-corrected chi connectivity index (χ3v) is 4.51. The third-order valence-electron chi connectivity index (χ3n) is 4.51. The first kappa shape index (κ1) is 16.9. The lowest BCUT2D eigenvalue weighted by Gasteiger charge is -2.06. The summed E-state index contributed by atoms with van der Waals surface area (Å²) >= 11 is 0. The van der Waals surface area contributed by atoms with Gasteiger partial charge in [-0.25, -0.2) is 4.79 Å². The van der Waals surface area contributed by atoms with E-state index in [2.05, 4.69) is 10.3 Å². The van der Waals surface area contributed by atoms with E-state index in [9.17, 15) is 9.59 Å². The van der Waals surface area contributed by atoms with Crippen LogP contribution >= 0.6 is 0 Å². The largest absolute Gasteiger partial charge is 0.467 e. The van der Waals surface area contributed by atoms with Gasteiger partial charge in [-0.3, -0.25) is 9.36 Å². The van der Waals surface area contributed by atoms with Crippen LogP contribution in [0.4, 0.5) is 0 Å². The molecule has 4 rings (SSSR count). The smallest absolute Gasteiger partial charge is 0.326 e. The van der Waals surface area contributed by atoms with Crippen molar-refractivity contribution >= 4 is 16.9 Å². The van der Waals surface area contributed by atoms with E-state index in [0.717, 1.165) is 11.9 Å². The number of hydrogen-bond acceptors (Lipinski definition) is 3. The van der Waals surface area contributed by atoms with Gasteiger partial charge in [0.2, 0.25) is 0 Å². The summed E-state index contributed by atoms with van der Waals surface area (Å²) in [6, 6.07) is 18.8. The lowest BCUT2D eigenvalue weighted by atomic mass is 10.1. The van der Waals surface area contributed by atoms with Crippen LogP contribution in [0.1, 0.15) is 21.7 Å². The highest BCUT2D eigenvalue weighted by atomic mass is 16.3. The number of fused-ring (bicyclic) bond motifs is 1. The Morgan fingerprint density at radius 1 is 1.07 bits per heavy atom. The van der Waals surface area contributed by atoms with E-state index in [1.165, 1.54) is 5.56 Å². The van der Waals surface area contributed by atoms with Crippen LogP contribution in [0.5, 0.6) is 0 Å². The molecule has 0 aliphatic heterocycles. The molecule has 4 aromatic rings. The number of aryl methyl sites for hydroxylation is 2. The van der Waals surface area contributed by atoms with Crippen molar-refractivity contribution in [2.75, 3.05) is 0 Å². The Bertz CT molecular complexity index is 1110. The molecule has 0 fully saturated rings. The zero-order valence-electron chi connectivity index (χ0n) is 14.6. The Morgan fingerprint density at radius 2 is 1.93 bits per heavy atom. The number of aromatic nitrogens is 2. The van der Waals surface area contributed by atoms with Crippen molar-refractivity contribution in [1.29, 1.82) is 0 Å². The maximum Gasteiger partial charge on any atom is 0.326 e. The van der Waals surface area contributed by atoms with E-state index in [4.69, 9.17) is 4.42 Å². The normalized spacial score (nSPS) is 11.0. The highest BCUT2D eigenvalue weighted by Gasteiger charge is 2.11. The number of aromatic amines is 1. The minimum absolute atomic E-state index is 0.172. The molecule has 0 bridgehead atoms. The number of carbonyl (C=O) groups is 1. The third kappa shape index (κ3) is 3.69. The number of amides is 1. The fourth-order valence-corrected chi connectivity index (χ4v) is 3.10. The molecule has 0 aliphatic rings. The molecule has 2 aromatic carbocycles. The number of nitrogens with zero attached hydrogens (tertiary/aromatic N) is 1. The zero-order chi connectivity index (χ0) is 18.6. The summed E-state index contributed by atoms with van der Waals surface area (Å²) in [4.78, 5) is 27.5. The Labute approximate surface area is 155 Å². The number of hydrogen-bond donors (Lipinski definition) is 2. The average Bonchev–Trinajstić information content (AvgIpc) is 3.32. The zero-order valence-corrected chi connectivity index (χ0v) is 14.6. The van der Waals surface area contributed by atoms with Crippen molar-refractivity contribution in [2.24, 2.45) is 0 Å². The summed E-state index contributed by atoms with van der Waals surface area (Å²) in [5.74, 6) is 0.469. The van der Waals surface area contributed by atoms with Gasteiger partial charge in [0.1, 0.15) is 5.76 Å². The van der Waals surface area contributed by atoms with Gasteiger partial charge in [-0.05, 0) is 42.3 Å². The first-order valence-electron chi connectivity index (χ1n) is 8.78. The second-order valence-electron chi connectivity index (χ2n) is 6.31. The monoisotopic (exact) mass is 361 g/mol. The van der Waals surface area contributed by atoms with E-state index in [1.807, 2.05) is 30.3 Å². The molecule has 0 radical (unpaired) electrons. The Hall–Kier alpha value is -3.54. The van der Waals surface area contributed by atoms with Gasteiger partial charge < -0.3 is 14.7 Å². The molecule has 0 spiro atoms. The van der Waals surface area contributed by atoms with Crippen LogP contribution in [0, 0.1) is 0 Å². The maximum absolute atomic E-state index is 12.3. The van der Waals surface area contributed by atoms with Crippen molar-refractivity contribution in [2.45, 2.75) is 19.5 Å². The highest BCUT2D eigenvalue weighted by Crippen LogP contribution is 2.14. The number of furan rings is 1. The first-order valence-corrected chi connectivity index (χ1v) is 8.78. The van der Waals surface area contributed by atoms with Crippen molar-refractivity contribution in [3.05, 3.63) is 94.3 Å². The number of carbonyl (C=O) groups excluding carboxylic acids is 1. The lowest BCUT2D eigenvalue weighted by Crippen LogP contribution is -2.22. The summed E-state index contributed by atoms with van der Waals surface area (Å²) in [5, 5.41) is 2.80. The molecule has 0 saturated heterocycles. The molecular formula is C21H19N3O3. The van der Waals surface area contributed by atoms with Gasteiger partial charge in [-0.2, -0.15) is 0 Å². The minimum Gasteiger partial charge on any atom is -0.467 e. The standard InChI is InChI=1S/C21H19N3O3/c25-20(22-14-17-7-4-12-27-17)16-8-9-19-18(13-16)23-21(26)24(19)11-10-15-5-2-1-3-6-15/h1-9,12-13H,10-11,14H2,(H,22,25)(H,23,26). The van der Waals surface area contributed by atoms with Crippen molar-refractivity contribution in [3.8, 4) is 0 Å². The molecule has 2 heterocycles. The number of imidazole rings is 1. The predicted molar refractivity (Wildman–Crippen MR) is 103 cm³/mol. The van der Waals surface area contributed by atoms with Crippen LogP contribution in [0.25, 0.3) is 11.0 Å². The van der Waals surface area contributed by atoms with Gasteiger partial charge in [-0.1, -0.05) is 30.3 Å². The van der Waals surface area contributed by atoms with Gasteiger partial charge >= 0.3 is 5.69 Å². The second-order valence-corrected chi connectivity index (χ2v) is 6.31. The topological polar surface area (TPSA) is 80.0 Å². The number of nitrogens with one attached hydrogen (secondary N) is 2. The van der Waals surface area contributed by atoms with E-state index in [-0.39, 0.29) is 11.6 Å². The van der Waals surface area contributed by atoms with Gasteiger partial charge in [0.25, 0.3) is 5.91 Å². The van der Waals surface area contributed by atoms with Crippen LogP contribution in [-0.2, 0) is 19.5 Å². The lowest BCUT2D eigenvalue weighted by molar-refractivity contribution is 0.0948. The highest BCUT2D eigenvalue weighted by molar-refractivity contribution is 5.97. The van der Waals surface area contributed by atoms with Crippen LogP contribution in [0.3, 0.4) is 0 Å². The summed E-state index contributed by atoms with van der Waals surface area (Å²) in [6.07, 6.45) is 2.33. The van der Waals surface area contributed by atoms with Crippen LogP contribution < -0.4 is 11.0 Å². The molecule has 0 aliphatic carbocycles. The van der Waals surface area contributed by atoms with Gasteiger partial charge in [0.15, 0.2) is 0 Å². The number of rotatable bonds is 6. The molecule has 2 aromatic heterocycles. The quantitative estimate of drug-likeness (QED) is 0.554. The molecule has 2 N–H and O–H groups in total. The molecule has 0 saturated carbocycles. The molecular weight excluding hydrogens is 342 g/mol. The SMILES string of the molecule is O=C(NCc1ccco1)c1ccc2c(c1)[nH]c(=O)n2CCc1ccccc1. The van der Waals surface area contributed by atoms with Crippen molar-refractivity contribution in [1.82, 2.24) is 14.9 Å². The number of benzene rings is 2. The van der Waals surface area contributed by atoms with Crippen molar-refractivity contribution in [3.63, 3.8) is 0 Å². The van der Waals surface area contributed by atoms with Gasteiger partial charge in [0.05, 0.1) is 23.8 Å². The Morgan fingerprint density at radius 3 is 2.70 bits per heavy atom. The fraction of sp³-hybridized carbons (Fsp3) is 0.143. The summed E-state index contributed by atoms with van der Waals surface area (Å²) in [5.41, 5.74) is 2.93. The predicted octanol–water partition coefficient (Wildman–Crippen LogP) is 3.10. The molecule has 0 atom stereocenters. The summed E-state index contributed by atoms with van der Waals surface area (Å²) in [6.45, 7) is 0.894. The maximum atomic E-state index is 12.3. The van der Waals surface area contributed by atoms with Gasteiger partial charge in [0, 0.05) is 12.1 Å². The molecule has 6 heteroatoms. The Balaban J connectivity index is 1.51. The second kappa shape index (κ2) is 7.37. The van der Waals surface area contributed by atoms with E-state index >= 15 is 0 Å². The van der Waals surface area contributed by atoms with E-state index in [1.54, 1.807) is 41.2 Å². The van der Waals surface area contributed by atoms with E-state index < -0.39 is 0 Å². The van der Waals surface area contributed by atoms with E-state index in [0.29, 0.717) is 29.9 Å². The molecule has 1 amide bonds. The fourth-order valence-electron chi connectivity index (χ4n) is 3.10. The summed E-state index contributed by atoms with van der Waals surface area (Å²) in [7, 11) is 0. The minimum atomic E-state index is -0.216. The molecule has 136 valence electrons. The summed E-state index contributed by atoms with van der Waals surface area (Å²) < 4.78 is 6.91. The van der Waals surface area contributed by atoms with Gasteiger partial charge in [-0.15, -0.1) is 0 Å². The number of H-pyrrole nitrogens is 1. The molecule has 27 heavy (non-hydrogen) atoms. The molecule has 0 unspecified atom stereocenters. The Kier molecular flexibility index (Phi) is 4.61.